The number of carbonyl (C=O) groups is 1. The Bertz CT molecular complexity index is 700. The fourth-order valence-corrected chi connectivity index (χ4v) is 2.70. The Labute approximate surface area is 130 Å². The van der Waals surface area contributed by atoms with Crippen LogP contribution in [-0.4, -0.2) is 10.5 Å². The minimum absolute atomic E-state index is 0.0942. The highest BCUT2D eigenvalue weighted by atomic mass is 32.1. The second kappa shape index (κ2) is 5.98. The molecule has 4 heteroatoms. The van der Waals surface area contributed by atoms with E-state index in [1.54, 1.807) is 0 Å². The number of hydrogen-bond donors (Lipinski definition) is 0. The third-order valence-corrected chi connectivity index (χ3v) is 4.13. The second-order valence-electron chi connectivity index (χ2n) is 6.18. The Kier molecular flexibility index (Phi) is 4.47. The molecule has 1 heterocycles. The lowest BCUT2D eigenvalue weighted by Gasteiger charge is -2.12. The molecule has 1 amide bonds. The van der Waals surface area contributed by atoms with Gasteiger partial charge in [-0.15, -0.1) is 11.3 Å². The van der Waals surface area contributed by atoms with Gasteiger partial charge in [0, 0.05) is 22.2 Å². The SMILES string of the molecule is CCc1ccc(-n2cc(C)s/c2=N\C(=O)C(C)(C)C)cc1. The third kappa shape index (κ3) is 3.70. The van der Waals surface area contributed by atoms with E-state index in [9.17, 15) is 4.79 Å². The van der Waals surface area contributed by atoms with Crippen molar-refractivity contribution in [1.29, 1.82) is 0 Å². The number of aromatic nitrogens is 1. The molecule has 0 saturated heterocycles. The maximum absolute atomic E-state index is 12.2. The van der Waals surface area contributed by atoms with Crippen LogP contribution < -0.4 is 4.80 Å². The molecular formula is C17H22N2OS. The molecule has 0 aliphatic carbocycles. The van der Waals surface area contributed by atoms with Gasteiger partial charge in [0.15, 0.2) is 4.80 Å². The van der Waals surface area contributed by atoms with Gasteiger partial charge in [-0.25, -0.2) is 0 Å². The molecule has 0 radical (unpaired) electrons. The lowest BCUT2D eigenvalue weighted by atomic mass is 9.96. The molecule has 0 saturated carbocycles. The average Bonchev–Trinajstić information content (AvgIpc) is 2.78. The lowest BCUT2D eigenvalue weighted by Crippen LogP contribution is -2.22. The summed E-state index contributed by atoms with van der Waals surface area (Å²) in [6.45, 7) is 9.83. The van der Waals surface area contributed by atoms with Crippen LogP contribution in [0, 0.1) is 12.3 Å². The number of amides is 1. The first-order valence-corrected chi connectivity index (χ1v) is 8.00. The molecule has 0 atom stereocenters. The van der Waals surface area contributed by atoms with Gasteiger partial charge in [-0.1, -0.05) is 39.8 Å². The van der Waals surface area contributed by atoms with Crippen LogP contribution >= 0.6 is 11.3 Å². The summed E-state index contributed by atoms with van der Waals surface area (Å²) in [5.74, 6) is -0.0942. The van der Waals surface area contributed by atoms with Crippen molar-refractivity contribution in [3.63, 3.8) is 0 Å². The number of hydrogen-bond acceptors (Lipinski definition) is 2. The molecule has 2 rings (SSSR count). The Hall–Kier alpha value is -1.68. The van der Waals surface area contributed by atoms with Crippen molar-refractivity contribution in [3.8, 4) is 5.69 Å². The quantitative estimate of drug-likeness (QED) is 0.829. The normalized spacial score (nSPS) is 12.7. The van der Waals surface area contributed by atoms with Gasteiger partial charge >= 0.3 is 0 Å². The zero-order valence-electron chi connectivity index (χ0n) is 13.3. The number of carbonyl (C=O) groups excluding carboxylic acids is 1. The Morgan fingerprint density at radius 2 is 1.86 bits per heavy atom. The molecule has 1 aromatic carbocycles. The third-order valence-electron chi connectivity index (χ3n) is 3.23. The second-order valence-corrected chi connectivity index (χ2v) is 7.39. The van der Waals surface area contributed by atoms with Crippen LogP contribution in [0.15, 0.2) is 35.5 Å². The van der Waals surface area contributed by atoms with Crippen molar-refractivity contribution in [2.24, 2.45) is 10.4 Å². The zero-order chi connectivity index (χ0) is 15.6. The number of thiazole rings is 1. The summed E-state index contributed by atoms with van der Waals surface area (Å²) in [5.41, 5.74) is 1.88. The predicted octanol–water partition coefficient (Wildman–Crippen LogP) is 3.88. The maximum atomic E-state index is 12.2. The molecule has 0 spiro atoms. The molecule has 0 fully saturated rings. The summed E-state index contributed by atoms with van der Waals surface area (Å²) in [6, 6.07) is 8.38. The van der Waals surface area contributed by atoms with Crippen molar-refractivity contribution in [1.82, 2.24) is 4.57 Å². The summed E-state index contributed by atoms with van der Waals surface area (Å²) in [6.07, 6.45) is 3.05. The Morgan fingerprint density at radius 1 is 1.24 bits per heavy atom. The first-order valence-electron chi connectivity index (χ1n) is 7.19. The summed E-state index contributed by atoms with van der Waals surface area (Å²) in [5, 5.41) is 0. The fourth-order valence-electron chi connectivity index (χ4n) is 1.87. The number of nitrogens with zero attached hydrogens (tertiary/aromatic N) is 2. The molecule has 21 heavy (non-hydrogen) atoms. The fraction of sp³-hybridized carbons (Fsp3) is 0.412. The number of aryl methyl sites for hydroxylation is 2. The molecule has 3 nitrogen and oxygen atoms in total. The van der Waals surface area contributed by atoms with Gasteiger partial charge < -0.3 is 0 Å². The first kappa shape index (κ1) is 15.7. The summed E-state index contributed by atoms with van der Waals surface area (Å²) >= 11 is 1.54. The molecule has 112 valence electrons. The van der Waals surface area contributed by atoms with E-state index in [2.05, 4.69) is 36.2 Å². The highest BCUT2D eigenvalue weighted by Crippen LogP contribution is 2.16. The highest BCUT2D eigenvalue weighted by molar-refractivity contribution is 7.09. The Balaban J connectivity index is 2.50. The molecule has 0 aliphatic heterocycles. The topological polar surface area (TPSA) is 34.4 Å². The average molecular weight is 302 g/mol. The molecule has 2 aromatic rings. The summed E-state index contributed by atoms with van der Waals surface area (Å²) < 4.78 is 1.99. The van der Waals surface area contributed by atoms with Gasteiger partial charge in [0.2, 0.25) is 0 Å². The van der Waals surface area contributed by atoms with Gasteiger partial charge in [-0.2, -0.15) is 4.99 Å². The van der Waals surface area contributed by atoms with E-state index in [-0.39, 0.29) is 5.91 Å². The monoisotopic (exact) mass is 302 g/mol. The van der Waals surface area contributed by atoms with Crippen LogP contribution in [0.2, 0.25) is 0 Å². The van der Waals surface area contributed by atoms with Crippen LogP contribution in [0.5, 0.6) is 0 Å². The van der Waals surface area contributed by atoms with E-state index in [0.29, 0.717) is 0 Å². The molecule has 0 N–H and O–H groups in total. The van der Waals surface area contributed by atoms with E-state index in [0.717, 1.165) is 21.8 Å². The highest BCUT2D eigenvalue weighted by Gasteiger charge is 2.20. The van der Waals surface area contributed by atoms with Gasteiger partial charge in [-0.05, 0) is 31.0 Å². The predicted molar refractivity (Wildman–Crippen MR) is 87.8 cm³/mol. The first-order chi connectivity index (χ1) is 9.81. The standard InChI is InChI=1S/C17H22N2OS/c1-6-13-7-9-14(10-8-13)19-11-12(2)21-16(19)18-15(20)17(3,4)5/h7-11H,6H2,1-5H3/b18-16-. The number of rotatable bonds is 2. The number of benzene rings is 1. The van der Waals surface area contributed by atoms with Crippen LogP contribution in [0.25, 0.3) is 5.69 Å². The van der Waals surface area contributed by atoms with E-state index in [1.165, 1.54) is 16.9 Å². The Morgan fingerprint density at radius 3 is 2.38 bits per heavy atom. The van der Waals surface area contributed by atoms with Crippen molar-refractivity contribution in [2.75, 3.05) is 0 Å². The van der Waals surface area contributed by atoms with Crippen molar-refractivity contribution in [2.45, 2.75) is 41.0 Å². The molecule has 0 aliphatic rings. The van der Waals surface area contributed by atoms with Crippen molar-refractivity contribution < 1.29 is 4.79 Å². The largest absolute Gasteiger partial charge is 0.292 e. The van der Waals surface area contributed by atoms with Crippen LogP contribution in [0.1, 0.15) is 38.1 Å². The minimum atomic E-state index is -0.457. The van der Waals surface area contributed by atoms with E-state index < -0.39 is 5.41 Å². The summed E-state index contributed by atoms with van der Waals surface area (Å²) in [7, 11) is 0. The molecular weight excluding hydrogens is 280 g/mol. The van der Waals surface area contributed by atoms with Gasteiger partial charge in [0.1, 0.15) is 0 Å². The van der Waals surface area contributed by atoms with Crippen LogP contribution in [0.3, 0.4) is 0 Å². The zero-order valence-corrected chi connectivity index (χ0v) is 14.1. The summed E-state index contributed by atoms with van der Waals surface area (Å²) in [4.78, 5) is 18.3. The molecule has 1 aromatic heterocycles. The molecule has 0 bridgehead atoms. The lowest BCUT2D eigenvalue weighted by molar-refractivity contribution is -0.125. The van der Waals surface area contributed by atoms with Gasteiger partial charge in [-0.3, -0.25) is 9.36 Å². The van der Waals surface area contributed by atoms with Crippen molar-refractivity contribution in [3.05, 3.63) is 45.7 Å². The van der Waals surface area contributed by atoms with Gasteiger partial charge in [0.25, 0.3) is 5.91 Å². The minimum Gasteiger partial charge on any atom is -0.292 e. The van der Waals surface area contributed by atoms with Crippen LogP contribution in [0.4, 0.5) is 0 Å². The van der Waals surface area contributed by atoms with E-state index in [4.69, 9.17) is 0 Å². The van der Waals surface area contributed by atoms with Crippen molar-refractivity contribution >= 4 is 17.2 Å². The maximum Gasteiger partial charge on any atom is 0.253 e. The van der Waals surface area contributed by atoms with E-state index in [1.807, 2.05) is 38.5 Å². The smallest absolute Gasteiger partial charge is 0.253 e. The molecule has 0 unspecified atom stereocenters. The van der Waals surface area contributed by atoms with Gasteiger partial charge in [0.05, 0.1) is 0 Å². The van der Waals surface area contributed by atoms with Crippen LogP contribution in [-0.2, 0) is 11.2 Å². The van der Waals surface area contributed by atoms with E-state index >= 15 is 0 Å².